The third kappa shape index (κ3) is 11.3. The van der Waals surface area contributed by atoms with E-state index in [1.54, 1.807) is 14.2 Å². The second-order valence-electron chi connectivity index (χ2n) is 15.3. The SMILES string of the molecule is COc1ccc(C(C)(C)c2ccc(C)c(CBr)c2)cc1CBr.COc1ccc(C(C)(C)c2ccc(C)cc2)cc1.Cc1ccc(C(=O)c2ccc(C)cc2)cc1. The van der Waals surface area contributed by atoms with Crippen LogP contribution in [0.1, 0.15) is 99.3 Å². The molecule has 0 fully saturated rings. The van der Waals surface area contributed by atoms with Crippen LogP contribution in [0.2, 0.25) is 0 Å². The van der Waals surface area contributed by atoms with Crippen LogP contribution in [0, 0.1) is 27.7 Å². The molecule has 0 saturated carbocycles. The van der Waals surface area contributed by atoms with Gasteiger partial charge in [-0.05, 0) is 79.3 Å². The highest BCUT2D eigenvalue weighted by molar-refractivity contribution is 9.08. The smallest absolute Gasteiger partial charge is 0.193 e. The number of hydrogen-bond donors (Lipinski definition) is 0. The molecule has 6 aromatic rings. The molecule has 5 heteroatoms. The van der Waals surface area contributed by atoms with Crippen molar-refractivity contribution in [3.8, 4) is 11.5 Å². The van der Waals surface area contributed by atoms with Crippen molar-refractivity contribution < 1.29 is 14.3 Å². The van der Waals surface area contributed by atoms with Crippen LogP contribution in [-0.2, 0) is 21.5 Å². The molecular weight excluding hydrogens is 820 g/mol. The molecule has 0 aliphatic rings. The number of rotatable bonds is 10. The number of carbonyl (C=O) groups excluding carboxylic acids is 1. The van der Waals surface area contributed by atoms with E-state index in [2.05, 4.69) is 146 Å². The monoisotopic (exact) mass is 874 g/mol. The molecule has 292 valence electrons. The molecular formula is C51H56Br2O3. The topological polar surface area (TPSA) is 35.5 Å². The lowest BCUT2D eigenvalue weighted by atomic mass is 9.77. The predicted octanol–water partition coefficient (Wildman–Crippen LogP) is 14.0. The minimum Gasteiger partial charge on any atom is -0.497 e. The summed E-state index contributed by atoms with van der Waals surface area (Å²) in [5.74, 6) is 1.92. The van der Waals surface area contributed by atoms with Gasteiger partial charge >= 0.3 is 0 Å². The van der Waals surface area contributed by atoms with Gasteiger partial charge in [0.1, 0.15) is 11.5 Å². The first-order valence-electron chi connectivity index (χ1n) is 18.9. The largest absolute Gasteiger partial charge is 0.497 e. The number of aryl methyl sites for hydroxylation is 4. The normalized spacial score (nSPS) is 11.1. The second-order valence-corrected chi connectivity index (χ2v) is 16.5. The van der Waals surface area contributed by atoms with Gasteiger partial charge in [-0.2, -0.15) is 0 Å². The summed E-state index contributed by atoms with van der Waals surface area (Å²) in [5.41, 5.74) is 14.2. The van der Waals surface area contributed by atoms with Crippen LogP contribution in [0.25, 0.3) is 0 Å². The quantitative estimate of drug-likeness (QED) is 0.102. The zero-order chi connectivity index (χ0) is 41.0. The number of methoxy groups -OCH3 is 2. The predicted molar refractivity (Wildman–Crippen MR) is 244 cm³/mol. The van der Waals surface area contributed by atoms with Crippen LogP contribution in [0.3, 0.4) is 0 Å². The van der Waals surface area contributed by atoms with E-state index in [-0.39, 0.29) is 16.6 Å². The highest BCUT2D eigenvalue weighted by Gasteiger charge is 2.25. The van der Waals surface area contributed by atoms with E-state index >= 15 is 0 Å². The average molecular weight is 877 g/mol. The number of benzene rings is 6. The van der Waals surface area contributed by atoms with E-state index in [4.69, 9.17) is 9.47 Å². The Kier molecular flexibility index (Phi) is 15.9. The highest BCUT2D eigenvalue weighted by atomic mass is 79.9. The number of ketones is 1. The Balaban J connectivity index is 0.000000189. The molecule has 0 bridgehead atoms. The van der Waals surface area contributed by atoms with Gasteiger partial charge in [-0.15, -0.1) is 0 Å². The first kappa shape index (κ1) is 44.3. The Hall–Kier alpha value is -4.45. The lowest BCUT2D eigenvalue weighted by molar-refractivity contribution is 0.103. The number of alkyl halides is 2. The lowest BCUT2D eigenvalue weighted by Crippen LogP contribution is -2.19. The molecule has 0 aliphatic heterocycles. The van der Waals surface area contributed by atoms with Crippen molar-refractivity contribution in [2.45, 2.75) is 76.9 Å². The highest BCUT2D eigenvalue weighted by Crippen LogP contribution is 2.36. The molecule has 0 aliphatic carbocycles. The standard InChI is InChI=1S/C19H22Br2O.C17H20O.C15H14O/c1-13-5-6-16(9-14(13)11-20)19(2,3)17-7-8-18(22-4)15(10-17)12-21;1-13-5-7-14(8-6-13)17(2,3)15-9-11-16(18-4)12-10-15;1-11-3-7-13(8-4-11)15(16)14-9-5-12(2)6-10-14/h5-10H,11-12H2,1-4H3;5-12H,1-4H3;3-10H,1-2H3. The summed E-state index contributed by atoms with van der Waals surface area (Å²) in [5, 5.41) is 1.68. The zero-order valence-corrected chi connectivity index (χ0v) is 37.8. The molecule has 0 aromatic heterocycles. The maximum Gasteiger partial charge on any atom is 0.193 e. The maximum absolute atomic E-state index is 12.1. The maximum atomic E-state index is 12.1. The van der Waals surface area contributed by atoms with Crippen LogP contribution in [0.4, 0.5) is 0 Å². The van der Waals surface area contributed by atoms with E-state index in [9.17, 15) is 4.79 Å². The minimum absolute atomic E-state index is 0.0139. The molecule has 3 nitrogen and oxygen atoms in total. The summed E-state index contributed by atoms with van der Waals surface area (Å²) in [6.45, 7) is 17.3. The molecule has 0 amide bonds. The Morgan fingerprint density at radius 2 is 0.857 bits per heavy atom. The fourth-order valence-electron chi connectivity index (χ4n) is 6.36. The van der Waals surface area contributed by atoms with Crippen LogP contribution >= 0.6 is 31.9 Å². The molecule has 0 saturated heterocycles. The molecule has 0 spiro atoms. The molecule has 0 unspecified atom stereocenters. The van der Waals surface area contributed by atoms with Crippen molar-refractivity contribution in [3.63, 3.8) is 0 Å². The van der Waals surface area contributed by atoms with Crippen molar-refractivity contribution in [1.82, 2.24) is 0 Å². The summed E-state index contributed by atoms with van der Waals surface area (Å²) in [6.07, 6.45) is 0. The van der Waals surface area contributed by atoms with Crippen LogP contribution in [0.5, 0.6) is 11.5 Å². The van der Waals surface area contributed by atoms with Gasteiger partial charge < -0.3 is 9.47 Å². The summed E-state index contributed by atoms with van der Waals surface area (Å²) in [7, 11) is 3.41. The van der Waals surface area contributed by atoms with Crippen LogP contribution < -0.4 is 9.47 Å². The van der Waals surface area contributed by atoms with Gasteiger partial charge in [0.2, 0.25) is 0 Å². The Morgan fingerprint density at radius 1 is 0.482 bits per heavy atom. The van der Waals surface area contributed by atoms with Gasteiger partial charge in [-0.3, -0.25) is 4.79 Å². The van der Waals surface area contributed by atoms with E-state index < -0.39 is 0 Å². The van der Waals surface area contributed by atoms with E-state index in [0.29, 0.717) is 0 Å². The second kappa shape index (κ2) is 20.1. The van der Waals surface area contributed by atoms with Crippen molar-refractivity contribution in [3.05, 3.63) is 200 Å². The van der Waals surface area contributed by atoms with E-state index in [1.165, 1.54) is 55.6 Å². The van der Waals surface area contributed by atoms with Crippen LogP contribution in [0.15, 0.2) is 133 Å². The number of halogens is 2. The fraction of sp³-hybridized carbons (Fsp3) is 0.275. The van der Waals surface area contributed by atoms with Gasteiger partial charge in [0.05, 0.1) is 14.2 Å². The molecule has 6 aromatic carbocycles. The van der Waals surface area contributed by atoms with Crippen molar-refractivity contribution in [2.75, 3.05) is 14.2 Å². The van der Waals surface area contributed by atoms with Gasteiger partial charge in [-0.1, -0.05) is 192 Å². The Labute approximate surface area is 352 Å². The molecule has 0 N–H and O–H groups in total. The first-order chi connectivity index (χ1) is 26.6. The van der Waals surface area contributed by atoms with Gasteiger partial charge in [0, 0.05) is 38.2 Å². The summed E-state index contributed by atoms with van der Waals surface area (Å²) >= 11 is 7.14. The van der Waals surface area contributed by atoms with Gasteiger partial charge in [0.15, 0.2) is 5.78 Å². The molecule has 0 atom stereocenters. The third-order valence-electron chi connectivity index (χ3n) is 10.6. The minimum atomic E-state index is -0.0478. The first-order valence-corrected chi connectivity index (χ1v) is 21.2. The molecule has 6 rings (SSSR count). The summed E-state index contributed by atoms with van der Waals surface area (Å²) in [4.78, 5) is 12.1. The molecule has 56 heavy (non-hydrogen) atoms. The Morgan fingerprint density at radius 3 is 1.29 bits per heavy atom. The van der Waals surface area contributed by atoms with Crippen molar-refractivity contribution in [2.24, 2.45) is 0 Å². The summed E-state index contributed by atoms with van der Waals surface area (Å²) in [6, 6.07) is 45.6. The zero-order valence-electron chi connectivity index (χ0n) is 34.6. The number of ether oxygens (including phenoxy) is 2. The average Bonchev–Trinajstić information content (AvgIpc) is 3.21. The number of hydrogen-bond acceptors (Lipinski definition) is 3. The Bertz CT molecular complexity index is 2120. The van der Waals surface area contributed by atoms with Gasteiger partial charge in [0.25, 0.3) is 0 Å². The van der Waals surface area contributed by atoms with E-state index in [0.717, 1.165) is 33.3 Å². The van der Waals surface area contributed by atoms with Gasteiger partial charge in [-0.25, -0.2) is 0 Å². The molecule has 0 heterocycles. The molecule has 0 radical (unpaired) electrons. The fourth-order valence-corrected chi connectivity index (χ4v) is 7.41. The van der Waals surface area contributed by atoms with E-state index in [1.807, 2.05) is 74.5 Å². The van der Waals surface area contributed by atoms with Crippen molar-refractivity contribution >= 4 is 37.6 Å². The number of carbonyl (C=O) groups is 1. The van der Waals surface area contributed by atoms with Crippen molar-refractivity contribution in [1.29, 1.82) is 0 Å². The lowest BCUT2D eigenvalue weighted by Gasteiger charge is -2.28. The third-order valence-corrected chi connectivity index (χ3v) is 11.8. The van der Waals surface area contributed by atoms with Crippen LogP contribution in [-0.4, -0.2) is 20.0 Å². The summed E-state index contributed by atoms with van der Waals surface area (Å²) < 4.78 is 10.6.